The Morgan fingerprint density at radius 2 is 1.76 bits per heavy atom. The molecule has 4 aromatic rings. The highest BCUT2D eigenvalue weighted by Gasteiger charge is 2.24. The van der Waals surface area contributed by atoms with Gasteiger partial charge in [-0.25, -0.2) is 19.0 Å². The molecule has 0 radical (unpaired) electrons. The monoisotopic (exact) mass is 520 g/mol. The van der Waals surface area contributed by atoms with Crippen molar-refractivity contribution in [2.75, 3.05) is 6.61 Å². The summed E-state index contributed by atoms with van der Waals surface area (Å²) >= 11 is 0. The van der Waals surface area contributed by atoms with Crippen LogP contribution in [0.1, 0.15) is 56.0 Å². The van der Waals surface area contributed by atoms with Crippen LogP contribution >= 0.6 is 0 Å². The molecule has 0 spiro atoms. The van der Waals surface area contributed by atoms with E-state index in [0.717, 1.165) is 51.8 Å². The Morgan fingerprint density at radius 1 is 1.03 bits per heavy atom. The second kappa shape index (κ2) is 11.1. The Labute approximate surface area is 220 Å². The minimum absolute atomic E-state index is 0.194. The van der Waals surface area contributed by atoms with Crippen LogP contribution in [0.15, 0.2) is 42.7 Å². The highest BCUT2D eigenvalue weighted by Crippen LogP contribution is 2.30. The molecule has 0 aliphatic carbocycles. The highest BCUT2D eigenvalue weighted by molar-refractivity contribution is 6.53. The van der Waals surface area contributed by atoms with Crippen LogP contribution in [0.4, 0.5) is 4.39 Å². The van der Waals surface area contributed by atoms with E-state index in [-0.39, 0.29) is 10.9 Å². The molecule has 9 heteroatoms. The summed E-state index contributed by atoms with van der Waals surface area (Å²) in [6.45, 7) is 16.3. The van der Waals surface area contributed by atoms with Gasteiger partial charge in [0.05, 0.1) is 35.9 Å². The van der Waals surface area contributed by atoms with Crippen LogP contribution in [0.2, 0.25) is 11.6 Å². The van der Waals surface area contributed by atoms with Crippen molar-refractivity contribution in [3.63, 3.8) is 0 Å². The smallest absolute Gasteiger partial charge is 0.179 e. The van der Waals surface area contributed by atoms with Crippen LogP contribution in [-0.2, 0) is 23.8 Å². The van der Waals surface area contributed by atoms with E-state index in [1.165, 1.54) is 12.1 Å². The summed E-state index contributed by atoms with van der Waals surface area (Å²) in [5.74, 6) is 0.487. The molecular weight excluding hydrogens is 483 g/mol. The maximum absolute atomic E-state index is 13.7. The van der Waals surface area contributed by atoms with Crippen LogP contribution in [-0.4, -0.2) is 45.2 Å². The number of aromatic nitrogens is 6. The Bertz CT molecular complexity index is 1360. The normalized spacial score (nSPS) is 12.8. The standard InChI is InChI=1S/C28H37FN6OSi/c1-8-24-25(16-23-17-26(31-18-30-23)35-20(3)15-19(2)32-35)33-34(13-14-36-37(7)28(4,5)6)27(24)21-9-11-22(29)12-10-21/h9-12,15,17-18,37H,8,13-14,16H2,1-7H3. The van der Waals surface area contributed by atoms with Gasteiger partial charge >= 0.3 is 0 Å². The molecule has 0 aliphatic rings. The number of benzene rings is 1. The fourth-order valence-corrected chi connectivity index (χ4v) is 5.31. The maximum atomic E-state index is 13.7. The summed E-state index contributed by atoms with van der Waals surface area (Å²) < 4.78 is 23.9. The Kier molecular flexibility index (Phi) is 8.04. The summed E-state index contributed by atoms with van der Waals surface area (Å²) in [5, 5.41) is 9.79. The van der Waals surface area contributed by atoms with Crippen LogP contribution in [0.3, 0.4) is 0 Å². The van der Waals surface area contributed by atoms with Crippen LogP contribution in [0.5, 0.6) is 0 Å². The molecule has 1 aromatic carbocycles. The van der Waals surface area contributed by atoms with Gasteiger partial charge in [-0.05, 0) is 62.2 Å². The first-order valence-electron chi connectivity index (χ1n) is 12.9. The molecular formula is C28H37FN6OSi. The summed E-state index contributed by atoms with van der Waals surface area (Å²) in [4.78, 5) is 8.98. The molecule has 0 saturated heterocycles. The molecule has 37 heavy (non-hydrogen) atoms. The zero-order chi connectivity index (χ0) is 26.7. The largest absolute Gasteiger partial charge is 0.418 e. The molecule has 0 N–H and O–H groups in total. The predicted molar refractivity (Wildman–Crippen MR) is 147 cm³/mol. The van der Waals surface area contributed by atoms with Gasteiger partial charge in [-0.3, -0.25) is 4.68 Å². The molecule has 3 heterocycles. The molecule has 0 fully saturated rings. The minimum atomic E-state index is -1.35. The maximum Gasteiger partial charge on any atom is 0.179 e. The molecule has 7 nitrogen and oxygen atoms in total. The van der Waals surface area contributed by atoms with Crippen LogP contribution in [0.25, 0.3) is 17.1 Å². The van der Waals surface area contributed by atoms with Crippen molar-refractivity contribution in [1.29, 1.82) is 0 Å². The first-order valence-corrected chi connectivity index (χ1v) is 15.1. The molecule has 1 atom stereocenters. The van der Waals surface area contributed by atoms with Gasteiger partial charge in [0.2, 0.25) is 0 Å². The van der Waals surface area contributed by atoms with E-state index in [0.29, 0.717) is 19.6 Å². The molecule has 4 rings (SSSR count). The van der Waals surface area contributed by atoms with Gasteiger partial charge in [0.1, 0.15) is 12.1 Å². The molecule has 0 amide bonds. The average Bonchev–Trinajstić information content (AvgIpc) is 3.37. The van der Waals surface area contributed by atoms with Gasteiger partial charge in [0.25, 0.3) is 0 Å². The van der Waals surface area contributed by atoms with Gasteiger partial charge in [0, 0.05) is 29.3 Å². The van der Waals surface area contributed by atoms with Gasteiger partial charge in [-0.15, -0.1) is 0 Å². The number of hydrogen-bond acceptors (Lipinski definition) is 5. The molecule has 0 bridgehead atoms. The number of aryl methyl sites for hydroxylation is 2. The molecule has 196 valence electrons. The Balaban J connectivity index is 1.68. The Morgan fingerprint density at radius 3 is 2.38 bits per heavy atom. The van der Waals surface area contributed by atoms with Crippen molar-refractivity contribution in [2.24, 2.45) is 0 Å². The van der Waals surface area contributed by atoms with Crippen molar-refractivity contribution in [1.82, 2.24) is 29.5 Å². The van der Waals surface area contributed by atoms with E-state index < -0.39 is 9.04 Å². The lowest BCUT2D eigenvalue weighted by Gasteiger charge is -2.25. The molecule has 0 saturated carbocycles. The quantitative estimate of drug-likeness (QED) is 0.269. The molecule has 1 unspecified atom stereocenters. The zero-order valence-electron chi connectivity index (χ0n) is 22.9. The molecule has 3 aromatic heterocycles. The lowest BCUT2D eigenvalue weighted by molar-refractivity contribution is 0.282. The van der Waals surface area contributed by atoms with Crippen LogP contribution < -0.4 is 0 Å². The lowest BCUT2D eigenvalue weighted by atomic mass is 10.0. The van der Waals surface area contributed by atoms with Gasteiger partial charge < -0.3 is 4.43 Å². The van der Waals surface area contributed by atoms with Crippen LogP contribution in [0, 0.1) is 19.7 Å². The van der Waals surface area contributed by atoms with Crippen molar-refractivity contribution in [3.05, 3.63) is 76.9 Å². The zero-order valence-corrected chi connectivity index (χ0v) is 24.1. The van der Waals surface area contributed by atoms with Crippen molar-refractivity contribution < 1.29 is 8.82 Å². The summed E-state index contributed by atoms with van der Waals surface area (Å²) in [6, 6.07) is 10.6. The van der Waals surface area contributed by atoms with E-state index in [2.05, 4.69) is 49.3 Å². The summed E-state index contributed by atoms with van der Waals surface area (Å²) in [5.41, 5.74) is 6.89. The lowest BCUT2D eigenvalue weighted by Crippen LogP contribution is -2.27. The van der Waals surface area contributed by atoms with E-state index in [9.17, 15) is 4.39 Å². The van der Waals surface area contributed by atoms with Crippen molar-refractivity contribution >= 4 is 9.04 Å². The Hall–Kier alpha value is -3.17. The number of hydrogen-bond donors (Lipinski definition) is 0. The topological polar surface area (TPSA) is 70.7 Å². The number of rotatable bonds is 9. The third kappa shape index (κ3) is 6.22. The highest BCUT2D eigenvalue weighted by atomic mass is 28.3. The van der Waals surface area contributed by atoms with Gasteiger partial charge in [0.15, 0.2) is 14.9 Å². The summed E-state index contributed by atoms with van der Waals surface area (Å²) in [7, 11) is -1.35. The van der Waals surface area contributed by atoms with Gasteiger partial charge in [-0.1, -0.05) is 27.7 Å². The van der Waals surface area contributed by atoms with Crippen molar-refractivity contribution in [2.45, 2.75) is 72.5 Å². The van der Waals surface area contributed by atoms with Crippen molar-refractivity contribution in [3.8, 4) is 17.1 Å². The van der Waals surface area contributed by atoms with E-state index >= 15 is 0 Å². The number of nitrogens with zero attached hydrogens (tertiary/aromatic N) is 6. The SMILES string of the molecule is CCc1c(Cc2cc(-n3nc(C)cc3C)ncn2)nn(CCO[SiH](C)C(C)(C)C)c1-c1ccc(F)cc1. The summed E-state index contributed by atoms with van der Waals surface area (Å²) in [6.07, 6.45) is 2.94. The minimum Gasteiger partial charge on any atom is -0.418 e. The van der Waals surface area contributed by atoms with E-state index in [4.69, 9.17) is 9.52 Å². The van der Waals surface area contributed by atoms with E-state index in [1.807, 2.05) is 47.5 Å². The fourth-order valence-electron chi connectivity index (χ4n) is 4.35. The third-order valence-electron chi connectivity index (χ3n) is 6.78. The first-order chi connectivity index (χ1) is 17.6. The second-order valence-corrected chi connectivity index (χ2v) is 14.0. The van der Waals surface area contributed by atoms with Gasteiger partial charge in [-0.2, -0.15) is 10.2 Å². The third-order valence-corrected chi connectivity index (χ3v) is 9.95. The number of halogens is 1. The predicted octanol–water partition coefficient (Wildman–Crippen LogP) is 5.61. The average molecular weight is 521 g/mol. The molecule has 0 aliphatic heterocycles. The van der Waals surface area contributed by atoms with E-state index in [1.54, 1.807) is 6.33 Å². The first kappa shape index (κ1) is 26.9. The fraction of sp³-hybridized carbons (Fsp3) is 0.429. The second-order valence-electron chi connectivity index (χ2n) is 10.6.